The Morgan fingerprint density at radius 3 is 2.40 bits per heavy atom. The second-order valence-electron chi connectivity index (χ2n) is 20.0. The number of aromatic nitrogens is 4. The Morgan fingerprint density at radius 2 is 1.71 bits per heavy atom. The van der Waals surface area contributed by atoms with Gasteiger partial charge < -0.3 is 49.5 Å². The van der Waals surface area contributed by atoms with Crippen LogP contribution in [0.2, 0.25) is 0 Å². The molecule has 2 aromatic heterocycles. The van der Waals surface area contributed by atoms with Crippen molar-refractivity contribution < 1.29 is 33.0 Å². The molecule has 4 N–H and O–H groups in total. The van der Waals surface area contributed by atoms with Crippen LogP contribution in [0.1, 0.15) is 142 Å². The summed E-state index contributed by atoms with van der Waals surface area (Å²) in [6.45, 7) is 20.6. The van der Waals surface area contributed by atoms with Gasteiger partial charge in [-0.05, 0) is 99.5 Å². The number of amides is 3. The van der Waals surface area contributed by atoms with Crippen molar-refractivity contribution >= 4 is 47.0 Å². The van der Waals surface area contributed by atoms with Crippen LogP contribution in [0, 0.1) is 23.6 Å². The van der Waals surface area contributed by atoms with E-state index in [-0.39, 0.29) is 59.6 Å². The van der Waals surface area contributed by atoms with E-state index < -0.39 is 18.2 Å². The molecule has 4 heterocycles. The van der Waals surface area contributed by atoms with Crippen LogP contribution in [0.4, 0.5) is 19.7 Å². The fourth-order valence-corrected chi connectivity index (χ4v) is 10.7. The molecule has 1 aliphatic carbocycles. The highest BCUT2D eigenvalue weighted by atomic mass is 19.1. The average molecular weight is 966 g/mol. The predicted octanol–water partition coefficient (Wildman–Crippen LogP) is 8.91. The number of ether oxygens (including phenoxy) is 3. The molecule has 380 valence electrons. The fourth-order valence-electron chi connectivity index (χ4n) is 10.7. The smallest absolute Gasteiger partial charge is 0.407 e. The first-order valence-electron chi connectivity index (χ1n) is 25.6. The number of fused-ring (bicyclic) bond motifs is 2. The van der Waals surface area contributed by atoms with Gasteiger partial charge in [-0.15, -0.1) is 0 Å². The van der Waals surface area contributed by atoms with Gasteiger partial charge in [-0.3, -0.25) is 4.79 Å². The van der Waals surface area contributed by atoms with E-state index in [2.05, 4.69) is 102 Å². The lowest BCUT2D eigenvalue weighted by Gasteiger charge is -2.36. The molecule has 3 aliphatic rings. The van der Waals surface area contributed by atoms with Crippen LogP contribution in [-0.4, -0.2) is 99.4 Å². The maximum absolute atomic E-state index is 16.3. The van der Waals surface area contributed by atoms with Gasteiger partial charge in [0.25, 0.3) is 0 Å². The molecule has 2 saturated heterocycles. The Hall–Kier alpha value is -6.06. The molecule has 3 amide bonds. The standard InChI is InChI=1S/C54H76FN9O6/c1-11-15-38(13-3)70-48-24-19-37(30-39(48)55)64-45(35-17-20-40-43(28-35)57-49(56-40)31-62(25-12-2)34(8)42(27-32(4)5)60-53(66)68-9)22-23-46(64)36-18-21-41-44(29-36)59-51(58-41)47-16-14-26-63(47)52(65)50(33(6)7)61-54(67)69-10/h17,19-21,24,28-30,32-33,36,38,42,45-47,50H,8,11-16,18,22-23,25-27,31H2,1-7,9-10H3,(H,56,57)(H,58,59)(H,60,66)(H,61,67). The molecule has 4 aromatic rings. The number of nitrogens with zero attached hydrogens (tertiary/aromatic N) is 5. The van der Waals surface area contributed by atoms with E-state index >= 15 is 4.39 Å². The third-order valence-electron chi connectivity index (χ3n) is 14.2. The zero-order valence-corrected chi connectivity index (χ0v) is 42.8. The molecular formula is C54H76FN9O6. The Labute approximate surface area is 412 Å². The minimum atomic E-state index is -0.723. The fraction of sp³-hybridized carbons (Fsp3) is 0.574. The van der Waals surface area contributed by atoms with E-state index in [4.69, 9.17) is 24.2 Å². The number of hydrogen-bond acceptors (Lipinski definition) is 10. The first kappa shape index (κ1) is 51.8. The summed E-state index contributed by atoms with van der Waals surface area (Å²) < 4.78 is 32.3. The van der Waals surface area contributed by atoms with Crippen LogP contribution in [0.15, 0.2) is 48.7 Å². The Kier molecular flexibility index (Phi) is 17.2. The number of alkyl carbamates (subject to hydrolysis) is 2. The van der Waals surface area contributed by atoms with Crippen molar-refractivity contribution in [1.82, 2.24) is 40.4 Å². The van der Waals surface area contributed by atoms with Gasteiger partial charge in [0.05, 0.1) is 66.7 Å². The van der Waals surface area contributed by atoms with Gasteiger partial charge in [-0.25, -0.2) is 23.9 Å². The Morgan fingerprint density at radius 1 is 0.943 bits per heavy atom. The number of anilines is 1. The number of halogens is 1. The summed E-state index contributed by atoms with van der Waals surface area (Å²) in [6.07, 6.45) is 11.5. The number of nitrogens with one attached hydrogen (secondary N) is 4. The number of imidazole rings is 2. The van der Waals surface area contributed by atoms with Crippen LogP contribution in [0.3, 0.4) is 0 Å². The molecular weight excluding hydrogens is 890 g/mol. The molecule has 70 heavy (non-hydrogen) atoms. The molecule has 7 rings (SSSR count). The van der Waals surface area contributed by atoms with Crippen molar-refractivity contribution in [3.05, 3.63) is 82.4 Å². The van der Waals surface area contributed by atoms with Crippen molar-refractivity contribution in [2.24, 2.45) is 17.8 Å². The van der Waals surface area contributed by atoms with E-state index in [1.165, 1.54) is 14.2 Å². The minimum Gasteiger partial charge on any atom is -0.487 e. The summed E-state index contributed by atoms with van der Waals surface area (Å²) >= 11 is 0. The molecule has 0 bridgehead atoms. The molecule has 2 aliphatic heterocycles. The molecule has 0 radical (unpaired) electrons. The summed E-state index contributed by atoms with van der Waals surface area (Å²) in [5, 5.41) is 7.51. The van der Waals surface area contributed by atoms with Gasteiger partial charge in [0.1, 0.15) is 17.7 Å². The maximum Gasteiger partial charge on any atom is 0.407 e. The van der Waals surface area contributed by atoms with Crippen LogP contribution in [0.25, 0.3) is 23.2 Å². The van der Waals surface area contributed by atoms with E-state index in [1.54, 1.807) is 12.1 Å². The van der Waals surface area contributed by atoms with Gasteiger partial charge in [0, 0.05) is 42.5 Å². The van der Waals surface area contributed by atoms with Gasteiger partial charge in [0.2, 0.25) is 5.91 Å². The number of benzene rings is 2. The Balaban J connectivity index is 1.18. The van der Waals surface area contributed by atoms with Gasteiger partial charge >= 0.3 is 12.2 Å². The van der Waals surface area contributed by atoms with Crippen molar-refractivity contribution in [3.63, 3.8) is 0 Å². The highest BCUT2D eigenvalue weighted by Crippen LogP contribution is 2.45. The van der Waals surface area contributed by atoms with Crippen LogP contribution in [0.5, 0.6) is 5.75 Å². The molecule has 15 nitrogen and oxygen atoms in total. The lowest BCUT2D eigenvalue weighted by Crippen LogP contribution is -2.51. The van der Waals surface area contributed by atoms with Crippen molar-refractivity contribution in [3.8, 4) is 5.75 Å². The lowest BCUT2D eigenvalue weighted by molar-refractivity contribution is -0.135. The van der Waals surface area contributed by atoms with Crippen molar-refractivity contribution in [2.75, 3.05) is 32.2 Å². The zero-order chi connectivity index (χ0) is 50.2. The summed E-state index contributed by atoms with van der Waals surface area (Å²) in [6, 6.07) is 10.5. The molecule has 16 heteroatoms. The number of hydrogen-bond donors (Lipinski definition) is 4. The SMILES string of the molecule is C=C(C(CC(C)C)NC(=O)OC)N(CCC)Cc1nc2ccc(C3CCC(C4C=c5[nH]c(C6CCCN6C(=O)C(NC(=O)OC)C(C)C)nc5=CC4)N3c3ccc(OC(CC)CCC)c(F)c3)cc2[nH]1. The lowest BCUT2D eigenvalue weighted by atomic mass is 9.91. The van der Waals surface area contributed by atoms with Gasteiger partial charge in [0.15, 0.2) is 11.6 Å². The second kappa shape index (κ2) is 23.2. The van der Waals surface area contributed by atoms with Crippen molar-refractivity contribution in [2.45, 2.75) is 156 Å². The number of methoxy groups -OCH3 is 2. The minimum absolute atomic E-state index is 0.0237. The first-order chi connectivity index (χ1) is 33.7. The van der Waals surface area contributed by atoms with E-state index in [0.29, 0.717) is 25.4 Å². The number of likely N-dealkylation sites (tertiary alicyclic amines) is 1. The van der Waals surface area contributed by atoms with Gasteiger partial charge in [-0.1, -0.05) is 79.7 Å². The predicted molar refractivity (Wildman–Crippen MR) is 272 cm³/mol. The number of aromatic amines is 2. The monoisotopic (exact) mass is 966 g/mol. The molecule has 2 aromatic carbocycles. The summed E-state index contributed by atoms with van der Waals surface area (Å²) in [4.78, 5) is 62.2. The third kappa shape index (κ3) is 11.7. The maximum atomic E-state index is 16.3. The molecule has 7 unspecified atom stereocenters. The highest BCUT2D eigenvalue weighted by molar-refractivity contribution is 5.86. The molecule has 7 atom stereocenters. The summed E-state index contributed by atoms with van der Waals surface area (Å²) in [7, 11) is 2.67. The van der Waals surface area contributed by atoms with Crippen molar-refractivity contribution in [1.29, 1.82) is 0 Å². The normalized spacial score (nSPS) is 20.1. The third-order valence-corrected chi connectivity index (χ3v) is 14.2. The highest BCUT2D eigenvalue weighted by Gasteiger charge is 2.41. The number of rotatable bonds is 21. The van der Waals surface area contributed by atoms with Crippen LogP contribution < -0.4 is 31.0 Å². The molecule has 2 fully saturated rings. The summed E-state index contributed by atoms with van der Waals surface area (Å²) in [5.41, 5.74) is 4.46. The molecule has 0 spiro atoms. The average Bonchev–Trinajstić information content (AvgIpc) is 4.17. The quantitative estimate of drug-likeness (QED) is 0.0633. The van der Waals surface area contributed by atoms with E-state index in [0.717, 1.165) is 115 Å². The van der Waals surface area contributed by atoms with Gasteiger partial charge in [-0.2, -0.15) is 0 Å². The van der Waals surface area contributed by atoms with E-state index in [1.807, 2.05) is 24.8 Å². The Bertz CT molecular complexity index is 2590. The second-order valence-corrected chi connectivity index (χ2v) is 20.0. The zero-order valence-electron chi connectivity index (χ0n) is 42.8. The molecule has 0 saturated carbocycles. The number of carbonyl (C=O) groups is 3. The van der Waals surface area contributed by atoms with Crippen LogP contribution >= 0.6 is 0 Å². The van der Waals surface area contributed by atoms with E-state index in [9.17, 15) is 14.4 Å². The first-order valence-corrected chi connectivity index (χ1v) is 25.6. The summed E-state index contributed by atoms with van der Waals surface area (Å²) in [5.74, 6) is 1.53. The van der Waals surface area contributed by atoms with Crippen LogP contribution in [-0.2, 0) is 20.8 Å². The number of H-pyrrole nitrogens is 2. The number of carbonyl (C=O) groups excluding carboxylic acids is 3. The largest absolute Gasteiger partial charge is 0.487 e. The topological polar surface area (TPSA) is 170 Å².